The van der Waals surface area contributed by atoms with Gasteiger partial charge in [-0.2, -0.15) is 0 Å². The highest BCUT2D eigenvalue weighted by Crippen LogP contribution is 2.38. The smallest absolute Gasteiger partial charge is 0.261 e. The van der Waals surface area contributed by atoms with Crippen molar-refractivity contribution in [3.05, 3.63) is 40.9 Å². The van der Waals surface area contributed by atoms with Crippen LogP contribution in [0.2, 0.25) is 0 Å². The quantitative estimate of drug-likeness (QED) is 0.626. The van der Waals surface area contributed by atoms with Crippen molar-refractivity contribution in [1.82, 2.24) is 19.9 Å². The van der Waals surface area contributed by atoms with Gasteiger partial charge in [0.15, 0.2) is 0 Å². The maximum absolute atomic E-state index is 12.4. The van der Waals surface area contributed by atoms with Crippen LogP contribution in [0.3, 0.4) is 0 Å². The van der Waals surface area contributed by atoms with E-state index in [2.05, 4.69) is 21.4 Å². The van der Waals surface area contributed by atoms with Crippen LogP contribution in [0.4, 0.5) is 0 Å². The van der Waals surface area contributed by atoms with Gasteiger partial charge >= 0.3 is 0 Å². The Balaban J connectivity index is 2.11. The van der Waals surface area contributed by atoms with Crippen LogP contribution in [-0.4, -0.2) is 26.3 Å². The minimum absolute atomic E-state index is 0.346. The predicted octanol–water partition coefficient (Wildman–Crippen LogP) is 2.37. The minimum Gasteiger partial charge on any atom is -0.353 e. The number of allylic oxidation sites excluding steroid dienone is 2. The molecule has 1 aliphatic carbocycles. The summed E-state index contributed by atoms with van der Waals surface area (Å²) in [6.45, 7) is 0. The number of carbonyl (C=O) groups is 2. The molecule has 0 bridgehead atoms. The van der Waals surface area contributed by atoms with Crippen molar-refractivity contribution < 1.29 is 9.59 Å². The topological polar surface area (TPSA) is 79.8 Å². The second-order valence-electron chi connectivity index (χ2n) is 5.83. The number of rotatable bonds is 0. The Hall–Kier alpha value is -3.15. The Labute approximate surface area is 130 Å². The summed E-state index contributed by atoms with van der Waals surface area (Å²) in [6, 6.07) is 0. The monoisotopic (exact) mass is 304 g/mol. The maximum Gasteiger partial charge on any atom is 0.261 e. The fourth-order valence-electron chi connectivity index (χ4n) is 3.55. The van der Waals surface area contributed by atoms with Crippen molar-refractivity contribution in [3.63, 3.8) is 0 Å². The highest BCUT2D eigenvalue weighted by Gasteiger charge is 2.35. The molecule has 0 spiro atoms. The second kappa shape index (κ2) is 3.98. The first-order chi connectivity index (χ1) is 11.2. The van der Waals surface area contributed by atoms with E-state index in [1.807, 2.05) is 25.3 Å². The largest absolute Gasteiger partial charge is 0.353 e. The van der Waals surface area contributed by atoms with Gasteiger partial charge < -0.3 is 9.55 Å². The van der Waals surface area contributed by atoms with Crippen LogP contribution < -0.4 is 5.32 Å². The van der Waals surface area contributed by atoms with Gasteiger partial charge in [-0.05, 0) is 12.5 Å². The summed E-state index contributed by atoms with van der Waals surface area (Å²) in [7, 11) is 1.82. The molecule has 0 atom stereocenters. The lowest BCUT2D eigenvalue weighted by Crippen LogP contribution is -2.20. The molecule has 6 nitrogen and oxygen atoms in total. The van der Waals surface area contributed by atoms with Crippen molar-refractivity contribution in [2.45, 2.75) is 6.42 Å². The molecule has 0 unspecified atom stereocenters. The zero-order valence-electron chi connectivity index (χ0n) is 12.3. The third-order valence-corrected chi connectivity index (χ3v) is 4.50. The number of imidazole rings is 1. The first-order valence-corrected chi connectivity index (χ1v) is 7.38. The molecule has 0 fully saturated rings. The van der Waals surface area contributed by atoms with Gasteiger partial charge in [0, 0.05) is 23.7 Å². The number of fused-ring (bicyclic) bond motifs is 8. The van der Waals surface area contributed by atoms with Gasteiger partial charge in [-0.25, -0.2) is 4.98 Å². The second-order valence-corrected chi connectivity index (χ2v) is 5.83. The average molecular weight is 304 g/mol. The van der Waals surface area contributed by atoms with Crippen molar-refractivity contribution in [2.75, 3.05) is 0 Å². The Bertz CT molecular complexity index is 1110. The molecule has 3 aromatic rings. The summed E-state index contributed by atoms with van der Waals surface area (Å²) < 4.78 is 1.78. The number of carbonyl (C=O) groups excluding carboxylic acids is 2. The average Bonchev–Trinajstić information content (AvgIpc) is 3.09. The highest BCUT2D eigenvalue weighted by molar-refractivity contribution is 6.33. The first-order valence-electron chi connectivity index (χ1n) is 7.38. The Morgan fingerprint density at radius 2 is 1.91 bits per heavy atom. The zero-order chi connectivity index (χ0) is 15.7. The van der Waals surface area contributed by atoms with E-state index in [1.165, 1.54) is 0 Å². The van der Waals surface area contributed by atoms with E-state index in [9.17, 15) is 9.59 Å². The number of nitrogens with one attached hydrogen (secondary N) is 2. The number of H-pyrrole nitrogens is 1. The SMILES string of the molecule is Cn1cnc2c3[nH]c4c(c3c3c(c21)C(=O)NC3=O)C=CCC=C4. The lowest BCUT2D eigenvalue weighted by atomic mass is 9.98. The van der Waals surface area contributed by atoms with E-state index in [-0.39, 0.29) is 11.8 Å². The Morgan fingerprint density at radius 3 is 2.78 bits per heavy atom. The van der Waals surface area contributed by atoms with Crippen LogP contribution in [0.15, 0.2) is 18.5 Å². The van der Waals surface area contributed by atoms with Crippen LogP contribution >= 0.6 is 0 Å². The highest BCUT2D eigenvalue weighted by atomic mass is 16.2. The molecular weight excluding hydrogens is 292 g/mol. The van der Waals surface area contributed by atoms with Crippen LogP contribution in [-0.2, 0) is 7.05 Å². The fourth-order valence-corrected chi connectivity index (χ4v) is 3.55. The summed E-state index contributed by atoms with van der Waals surface area (Å²) in [5, 5.41) is 3.19. The third-order valence-electron chi connectivity index (χ3n) is 4.50. The molecule has 1 aromatic carbocycles. The minimum atomic E-state index is -0.358. The number of nitrogens with zero attached hydrogens (tertiary/aromatic N) is 2. The van der Waals surface area contributed by atoms with Crippen molar-refractivity contribution in [3.8, 4) is 0 Å². The summed E-state index contributed by atoms with van der Waals surface area (Å²) in [5.41, 5.74) is 4.91. The number of benzene rings is 1. The molecule has 0 saturated heterocycles. The number of aromatic nitrogens is 3. The molecule has 3 heterocycles. The van der Waals surface area contributed by atoms with Crippen LogP contribution in [0.1, 0.15) is 38.4 Å². The standard InChI is InChI=1S/C17H12N4O2/c1-21-7-18-14-13-10(8-5-3-2-4-6-9(8)19-13)11-12(15(14)21)17(23)20-16(11)22/h3-7,19H,2H2,1H3,(H,20,22,23). The number of aromatic amines is 1. The number of hydrogen-bond acceptors (Lipinski definition) is 3. The molecule has 0 saturated carbocycles. The fraction of sp³-hybridized carbons (Fsp3) is 0.118. The lowest BCUT2D eigenvalue weighted by Gasteiger charge is -2.04. The summed E-state index contributed by atoms with van der Waals surface area (Å²) in [4.78, 5) is 32.6. The van der Waals surface area contributed by atoms with Gasteiger partial charge in [0.2, 0.25) is 0 Å². The van der Waals surface area contributed by atoms with Gasteiger partial charge in [-0.15, -0.1) is 0 Å². The summed E-state index contributed by atoms with van der Waals surface area (Å²) in [5.74, 6) is -0.704. The molecule has 2 aromatic heterocycles. The van der Waals surface area contributed by atoms with E-state index in [0.29, 0.717) is 22.2 Å². The third kappa shape index (κ3) is 1.40. The van der Waals surface area contributed by atoms with E-state index in [4.69, 9.17) is 0 Å². The van der Waals surface area contributed by atoms with Gasteiger partial charge in [0.1, 0.15) is 5.52 Å². The molecule has 23 heavy (non-hydrogen) atoms. The van der Waals surface area contributed by atoms with Gasteiger partial charge in [0.05, 0.1) is 28.5 Å². The number of hydrogen-bond donors (Lipinski definition) is 2. The van der Waals surface area contributed by atoms with E-state index < -0.39 is 0 Å². The summed E-state index contributed by atoms with van der Waals surface area (Å²) in [6.07, 6.45) is 10.6. The van der Waals surface area contributed by atoms with Crippen LogP contribution in [0.5, 0.6) is 0 Å². The first kappa shape index (κ1) is 12.4. The summed E-state index contributed by atoms with van der Waals surface area (Å²) >= 11 is 0. The molecule has 6 heteroatoms. The molecule has 5 rings (SSSR count). The molecule has 2 N–H and O–H groups in total. The Kier molecular flexibility index (Phi) is 2.15. The number of aryl methyl sites for hydroxylation is 1. The normalized spacial score (nSPS) is 16.0. The van der Waals surface area contributed by atoms with Crippen LogP contribution in [0.25, 0.3) is 34.1 Å². The van der Waals surface area contributed by atoms with Gasteiger partial charge in [0.25, 0.3) is 11.8 Å². The number of imide groups is 1. The van der Waals surface area contributed by atoms with Gasteiger partial charge in [-0.3, -0.25) is 14.9 Å². The zero-order valence-corrected chi connectivity index (χ0v) is 12.3. The Morgan fingerprint density at radius 1 is 1.13 bits per heavy atom. The molecule has 0 radical (unpaired) electrons. The van der Waals surface area contributed by atoms with E-state index in [1.54, 1.807) is 10.9 Å². The molecule has 1 aliphatic heterocycles. The van der Waals surface area contributed by atoms with E-state index >= 15 is 0 Å². The van der Waals surface area contributed by atoms with Crippen LogP contribution in [0, 0.1) is 0 Å². The van der Waals surface area contributed by atoms with Gasteiger partial charge in [-0.1, -0.05) is 18.2 Å². The molecular formula is C17H12N4O2. The van der Waals surface area contributed by atoms with Crippen molar-refractivity contribution in [2.24, 2.45) is 7.05 Å². The van der Waals surface area contributed by atoms with E-state index in [0.717, 1.165) is 28.6 Å². The lowest BCUT2D eigenvalue weighted by molar-refractivity contribution is 0.0880. The maximum atomic E-state index is 12.4. The number of amides is 2. The van der Waals surface area contributed by atoms with Crippen molar-refractivity contribution >= 4 is 45.9 Å². The predicted molar refractivity (Wildman–Crippen MR) is 87.1 cm³/mol. The molecule has 2 aliphatic rings. The van der Waals surface area contributed by atoms with Crippen molar-refractivity contribution in [1.29, 1.82) is 0 Å². The molecule has 112 valence electrons. The molecule has 2 amide bonds.